The Morgan fingerprint density at radius 2 is 2.27 bits per heavy atom. The third-order valence-electron chi connectivity index (χ3n) is 3.41. The maximum absolute atomic E-state index is 12.2. The Hall–Kier alpha value is -0.636. The summed E-state index contributed by atoms with van der Waals surface area (Å²) in [7, 11) is 0. The van der Waals surface area contributed by atoms with E-state index in [-0.39, 0.29) is 44.5 Å². The van der Waals surface area contributed by atoms with Gasteiger partial charge < -0.3 is 9.64 Å². The molecule has 1 radical (unpaired) electrons. The van der Waals surface area contributed by atoms with Crippen LogP contribution in [0, 0.1) is 12.0 Å². The van der Waals surface area contributed by atoms with Crippen LogP contribution >= 0.6 is 11.6 Å². The van der Waals surface area contributed by atoms with Gasteiger partial charge in [0.2, 0.25) is 5.91 Å². The molecule has 0 fully saturated rings. The maximum Gasteiger partial charge on any atom is 0.225 e. The van der Waals surface area contributed by atoms with Crippen LogP contribution in [0.25, 0.3) is 5.70 Å². The van der Waals surface area contributed by atoms with E-state index in [1.807, 2.05) is 26.0 Å². The van der Waals surface area contributed by atoms with Gasteiger partial charge in [0.25, 0.3) is 0 Å². The van der Waals surface area contributed by atoms with Crippen molar-refractivity contribution >= 4 is 23.2 Å². The van der Waals surface area contributed by atoms with Gasteiger partial charge in [0.05, 0.1) is 0 Å². The van der Waals surface area contributed by atoms with Crippen molar-refractivity contribution in [3.63, 3.8) is 0 Å². The van der Waals surface area contributed by atoms with Gasteiger partial charge in [0.15, 0.2) is 0 Å². The van der Waals surface area contributed by atoms with Gasteiger partial charge in [-0.3, -0.25) is 4.79 Å². The first-order valence-electron chi connectivity index (χ1n) is 7.04. The van der Waals surface area contributed by atoms with Gasteiger partial charge in [-0.25, -0.2) is 6.08 Å². The van der Waals surface area contributed by atoms with E-state index in [9.17, 15) is 4.79 Å². The predicted octanol–water partition coefficient (Wildman–Crippen LogP) is 3.93. The number of allylic oxidation sites excluding steroid dienone is 1. The van der Waals surface area contributed by atoms with E-state index in [0.29, 0.717) is 30.3 Å². The molecule has 0 N–H and O–H groups in total. The zero-order chi connectivity index (χ0) is 15.4. The summed E-state index contributed by atoms with van der Waals surface area (Å²) in [5.41, 5.74) is 1.57. The largest absolute Gasteiger partial charge is 0.490 e. The fraction of sp³-hybridized carbons (Fsp3) is 0.353. The number of carbonyl (C=O) groups excluding carboxylic acids is 1. The van der Waals surface area contributed by atoms with E-state index >= 15 is 0 Å². The van der Waals surface area contributed by atoms with Crippen molar-refractivity contribution in [3.8, 4) is 5.75 Å². The molecule has 115 valence electrons. The van der Waals surface area contributed by atoms with E-state index in [1.54, 1.807) is 17.0 Å². The molecule has 0 saturated heterocycles. The Morgan fingerprint density at radius 3 is 2.86 bits per heavy atom. The molecule has 1 heterocycles. The molecule has 1 aliphatic heterocycles. The van der Waals surface area contributed by atoms with Gasteiger partial charge >= 0.3 is 0 Å². The van der Waals surface area contributed by atoms with Gasteiger partial charge in [0, 0.05) is 45.2 Å². The minimum Gasteiger partial charge on any atom is -0.490 e. The third kappa shape index (κ3) is 4.21. The quantitative estimate of drug-likeness (QED) is 0.560. The third-order valence-corrected chi connectivity index (χ3v) is 3.73. The van der Waals surface area contributed by atoms with Crippen LogP contribution in [-0.2, 0) is 37.5 Å². The normalized spacial score (nSPS) is 17.6. The molecular formula is C17H19ClNO2Y-. The average Bonchev–Trinajstić information content (AvgIpc) is 2.48. The second-order valence-electron chi connectivity index (χ2n) is 4.95. The molecular weight excluding hydrogens is 375 g/mol. The van der Waals surface area contributed by atoms with E-state index in [1.165, 1.54) is 0 Å². The van der Waals surface area contributed by atoms with Crippen LogP contribution in [0.15, 0.2) is 30.9 Å². The average molecular weight is 394 g/mol. The van der Waals surface area contributed by atoms with Crippen molar-refractivity contribution in [1.82, 2.24) is 4.90 Å². The van der Waals surface area contributed by atoms with Gasteiger partial charge in [-0.05, 0) is 24.1 Å². The molecule has 0 aliphatic carbocycles. The first-order valence-corrected chi connectivity index (χ1v) is 7.42. The van der Waals surface area contributed by atoms with E-state index in [4.69, 9.17) is 16.3 Å². The zero-order valence-corrected chi connectivity index (χ0v) is 16.5. The van der Waals surface area contributed by atoms with Gasteiger partial charge in [-0.2, -0.15) is 0 Å². The summed E-state index contributed by atoms with van der Waals surface area (Å²) in [6.07, 6.45) is 5.60. The summed E-state index contributed by atoms with van der Waals surface area (Å²) in [5.74, 6) is 0.778. The monoisotopic (exact) mass is 393 g/mol. The molecule has 0 saturated carbocycles. The summed E-state index contributed by atoms with van der Waals surface area (Å²) >= 11 is 6.34. The number of carbonyl (C=O) groups is 1. The SMILES string of the molecule is C=CCOc1ccc(C2=[C-]CC(C)C(=O)N2CC)c(Cl)c1.[Y]. The van der Waals surface area contributed by atoms with E-state index in [0.717, 1.165) is 11.3 Å². The Labute approximate surface area is 162 Å². The van der Waals surface area contributed by atoms with Crippen LogP contribution in [0.5, 0.6) is 5.75 Å². The fourth-order valence-corrected chi connectivity index (χ4v) is 2.56. The summed E-state index contributed by atoms with van der Waals surface area (Å²) in [6.45, 7) is 8.52. The summed E-state index contributed by atoms with van der Waals surface area (Å²) in [6, 6.07) is 5.47. The number of ether oxygens (including phenoxy) is 1. The summed E-state index contributed by atoms with van der Waals surface area (Å²) in [5, 5.41) is 0.555. The number of hydrogen-bond acceptors (Lipinski definition) is 2. The molecule has 0 bridgehead atoms. The summed E-state index contributed by atoms with van der Waals surface area (Å²) < 4.78 is 5.46. The molecule has 1 aromatic carbocycles. The smallest absolute Gasteiger partial charge is 0.225 e. The minimum absolute atomic E-state index is 0. The van der Waals surface area contributed by atoms with Crippen LogP contribution in [0.4, 0.5) is 0 Å². The Bertz CT molecular complexity index is 586. The van der Waals surface area contributed by atoms with Crippen molar-refractivity contribution in [1.29, 1.82) is 0 Å². The standard InChI is InChI=1S/C17H19ClNO2.Y/c1-4-10-21-13-7-8-14(15(18)11-13)16-9-6-12(3)17(20)19(16)5-2;/h4,7-8,11-12H,1,5-6,10H2,2-3H3;/q-1;. The molecule has 1 unspecified atom stereocenters. The first kappa shape index (κ1) is 19.4. The second-order valence-corrected chi connectivity index (χ2v) is 5.36. The molecule has 1 aromatic rings. The van der Waals surface area contributed by atoms with Crippen LogP contribution in [0.2, 0.25) is 5.02 Å². The Balaban J connectivity index is 0.00000242. The van der Waals surface area contributed by atoms with Crippen molar-refractivity contribution in [2.45, 2.75) is 20.3 Å². The second kappa shape index (κ2) is 8.86. The number of halogens is 1. The van der Waals surface area contributed by atoms with E-state index < -0.39 is 0 Å². The zero-order valence-electron chi connectivity index (χ0n) is 12.9. The molecule has 2 rings (SSSR count). The van der Waals surface area contributed by atoms with Crippen LogP contribution in [0.3, 0.4) is 0 Å². The molecule has 1 aliphatic rings. The maximum atomic E-state index is 12.2. The van der Waals surface area contributed by atoms with Crippen LogP contribution < -0.4 is 4.74 Å². The van der Waals surface area contributed by atoms with Crippen molar-refractivity contribution in [2.24, 2.45) is 5.92 Å². The number of benzene rings is 1. The predicted molar refractivity (Wildman–Crippen MR) is 85.0 cm³/mol. The number of nitrogens with zero attached hydrogens (tertiary/aromatic N) is 1. The van der Waals surface area contributed by atoms with Crippen molar-refractivity contribution in [3.05, 3.63) is 47.5 Å². The molecule has 1 atom stereocenters. The minimum atomic E-state index is -0.0253. The molecule has 3 nitrogen and oxygen atoms in total. The Morgan fingerprint density at radius 1 is 1.55 bits per heavy atom. The number of hydrogen-bond donors (Lipinski definition) is 0. The molecule has 0 aromatic heterocycles. The fourth-order valence-electron chi connectivity index (χ4n) is 2.30. The van der Waals surface area contributed by atoms with E-state index in [2.05, 4.69) is 12.7 Å². The van der Waals surface area contributed by atoms with Gasteiger partial charge in [0.1, 0.15) is 12.4 Å². The molecule has 5 heteroatoms. The summed E-state index contributed by atoms with van der Waals surface area (Å²) in [4.78, 5) is 14.0. The number of rotatable bonds is 5. The first-order chi connectivity index (χ1) is 10.1. The molecule has 0 spiro atoms. The molecule has 22 heavy (non-hydrogen) atoms. The van der Waals surface area contributed by atoms with Crippen molar-refractivity contribution < 1.29 is 42.2 Å². The topological polar surface area (TPSA) is 29.5 Å². The van der Waals surface area contributed by atoms with Crippen molar-refractivity contribution in [2.75, 3.05) is 13.2 Å². The van der Waals surface area contributed by atoms with Gasteiger partial charge in [-0.15, -0.1) is 28.9 Å². The molecule has 1 amide bonds. The van der Waals surface area contributed by atoms with Crippen LogP contribution in [0.1, 0.15) is 25.8 Å². The van der Waals surface area contributed by atoms with Crippen LogP contribution in [-0.4, -0.2) is 24.0 Å². The van der Waals surface area contributed by atoms with Gasteiger partial charge in [-0.1, -0.05) is 26.0 Å². The Kier molecular flexibility index (Phi) is 7.81. The number of amides is 1.